The minimum absolute atomic E-state index is 0.699. The van der Waals surface area contributed by atoms with Gasteiger partial charge in [0, 0.05) is 53.6 Å². The van der Waals surface area contributed by atoms with E-state index in [1.54, 1.807) is 0 Å². The topological polar surface area (TPSA) is 8.17 Å². The van der Waals surface area contributed by atoms with Crippen molar-refractivity contribution < 1.29 is 0 Å². The maximum atomic E-state index is 2.52. The Labute approximate surface area is 481 Å². The Morgan fingerprint density at radius 2 is 0.768 bits per heavy atom. The van der Waals surface area contributed by atoms with Crippen LogP contribution in [0.3, 0.4) is 0 Å². The van der Waals surface area contributed by atoms with Crippen molar-refractivity contribution in [1.29, 1.82) is 0 Å². The minimum atomic E-state index is -0.699. The zero-order valence-corrected chi connectivity index (χ0v) is 45.6. The number of rotatable bonds is 10. The number of nitrogens with zero attached hydrogens (tertiary/aromatic N) is 2. The number of anilines is 3. The van der Waals surface area contributed by atoms with E-state index < -0.39 is 5.41 Å². The SMILES string of the molecule is c1ccc(-c2ccc(N(c3ccc(-c4ccc5c(c4)sc4ccccc45)cc3)c3cc(-c4cccc(-n5c6ccccc6c6ccccc65)c4)cc4c3-c3ccccc3C4(c3ccccc3)c3ccc(-c4ccccc4)cc3)cc2)cc1. The van der Waals surface area contributed by atoms with Gasteiger partial charge >= 0.3 is 0 Å². The third-order valence-electron chi connectivity index (χ3n) is 17.1. The van der Waals surface area contributed by atoms with Gasteiger partial charge in [-0.3, -0.25) is 0 Å². The van der Waals surface area contributed by atoms with Crippen LogP contribution in [0.5, 0.6) is 0 Å². The van der Waals surface area contributed by atoms with Crippen molar-refractivity contribution in [2.75, 3.05) is 4.90 Å². The lowest BCUT2D eigenvalue weighted by molar-refractivity contribution is 0.769. The first kappa shape index (κ1) is 47.7. The highest BCUT2D eigenvalue weighted by atomic mass is 32.1. The summed E-state index contributed by atoms with van der Waals surface area (Å²) in [6.07, 6.45) is 0. The molecule has 1 atom stereocenters. The molecule has 0 aliphatic heterocycles. The lowest BCUT2D eigenvalue weighted by Gasteiger charge is -2.35. The Hall–Kier alpha value is -10.3. The summed E-state index contributed by atoms with van der Waals surface area (Å²) >= 11 is 1.86. The van der Waals surface area contributed by atoms with Crippen LogP contribution < -0.4 is 4.90 Å². The monoisotopic (exact) mass is 1060 g/mol. The number of fused-ring (bicyclic) bond motifs is 9. The van der Waals surface area contributed by atoms with Crippen LogP contribution in [-0.2, 0) is 5.41 Å². The zero-order chi connectivity index (χ0) is 54.1. The number of para-hydroxylation sites is 2. The highest BCUT2D eigenvalue weighted by Crippen LogP contribution is 2.61. The van der Waals surface area contributed by atoms with Gasteiger partial charge in [-0.2, -0.15) is 0 Å². The van der Waals surface area contributed by atoms with E-state index in [9.17, 15) is 0 Å². The first-order valence-electron chi connectivity index (χ1n) is 28.2. The fraction of sp³-hybridized carbons (Fsp3) is 0.0127. The van der Waals surface area contributed by atoms with Gasteiger partial charge in [-0.25, -0.2) is 0 Å². The standard InChI is InChI=1S/C79H52N2S/c1-4-19-53(20-5-1)55-35-42-62(43-36-55)79(61-24-8-3-9-25-61)71-31-14-10-30-70(71)78-72(79)50-60(58-23-18-26-65(49-58)81-73-32-15-11-27-66(73)67-28-12-16-33-74(67)81)51-75(78)80(63-44-37-56(38-45-63)54-21-6-2-7-22-54)64-46-39-57(40-47-64)59-41-48-69-68-29-13-17-34-76(68)82-77(69)52-59/h1-52H. The van der Waals surface area contributed by atoms with Crippen LogP contribution in [-0.4, -0.2) is 4.57 Å². The van der Waals surface area contributed by atoms with Crippen molar-refractivity contribution in [2.24, 2.45) is 0 Å². The van der Waals surface area contributed by atoms with Crippen molar-refractivity contribution in [3.05, 3.63) is 338 Å². The number of aromatic nitrogens is 1. The Morgan fingerprint density at radius 3 is 1.43 bits per heavy atom. The highest BCUT2D eigenvalue weighted by Gasteiger charge is 2.48. The van der Waals surface area contributed by atoms with Gasteiger partial charge in [0.2, 0.25) is 0 Å². The molecule has 2 heterocycles. The smallest absolute Gasteiger partial charge is 0.0714 e. The van der Waals surface area contributed by atoms with E-state index in [0.717, 1.165) is 33.9 Å². The Morgan fingerprint density at radius 1 is 0.293 bits per heavy atom. The van der Waals surface area contributed by atoms with Crippen LogP contribution in [0.15, 0.2) is 315 Å². The van der Waals surface area contributed by atoms with Crippen molar-refractivity contribution in [1.82, 2.24) is 4.57 Å². The summed E-state index contributed by atoms with van der Waals surface area (Å²) in [5.41, 5.74) is 22.8. The van der Waals surface area contributed by atoms with E-state index in [-0.39, 0.29) is 0 Å². The van der Waals surface area contributed by atoms with Crippen molar-refractivity contribution >= 4 is 70.4 Å². The van der Waals surface area contributed by atoms with Crippen LogP contribution in [0.2, 0.25) is 0 Å². The van der Waals surface area contributed by atoms with Gasteiger partial charge < -0.3 is 9.47 Å². The molecule has 2 aromatic heterocycles. The predicted octanol–water partition coefficient (Wildman–Crippen LogP) is 21.7. The summed E-state index contributed by atoms with van der Waals surface area (Å²) in [6.45, 7) is 0. The molecule has 3 heteroatoms. The van der Waals surface area contributed by atoms with Gasteiger partial charge in [0.25, 0.3) is 0 Å². The van der Waals surface area contributed by atoms with Gasteiger partial charge in [0.1, 0.15) is 0 Å². The largest absolute Gasteiger partial charge is 0.310 e. The van der Waals surface area contributed by atoms with Gasteiger partial charge in [-0.15, -0.1) is 11.3 Å². The van der Waals surface area contributed by atoms with Gasteiger partial charge in [0.15, 0.2) is 0 Å². The number of benzene rings is 13. The third-order valence-corrected chi connectivity index (χ3v) is 18.2. The van der Waals surface area contributed by atoms with E-state index in [2.05, 4.69) is 325 Å². The fourth-order valence-electron chi connectivity index (χ4n) is 13.3. The molecule has 1 aliphatic carbocycles. The molecule has 15 aromatic rings. The van der Waals surface area contributed by atoms with Crippen LogP contribution in [0, 0.1) is 0 Å². The van der Waals surface area contributed by atoms with E-state index in [1.807, 2.05) is 11.3 Å². The zero-order valence-electron chi connectivity index (χ0n) is 44.8. The molecule has 0 bridgehead atoms. The summed E-state index contributed by atoms with van der Waals surface area (Å²) in [5.74, 6) is 0. The second-order valence-corrected chi connectivity index (χ2v) is 22.6. The van der Waals surface area contributed by atoms with Crippen LogP contribution in [0.1, 0.15) is 22.3 Å². The Kier molecular flexibility index (Phi) is 11.3. The number of hydrogen-bond donors (Lipinski definition) is 0. The quantitative estimate of drug-likeness (QED) is 0.133. The molecule has 384 valence electrons. The van der Waals surface area contributed by atoms with Crippen LogP contribution in [0.4, 0.5) is 17.1 Å². The van der Waals surface area contributed by atoms with E-state index in [4.69, 9.17) is 0 Å². The normalized spacial score (nSPS) is 13.7. The molecule has 0 saturated heterocycles. The lowest BCUT2D eigenvalue weighted by Crippen LogP contribution is -2.28. The molecular weight excluding hydrogens is 1010 g/mol. The van der Waals surface area contributed by atoms with Crippen molar-refractivity contribution in [2.45, 2.75) is 5.41 Å². The number of hydrogen-bond acceptors (Lipinski definition) is 2. The summed E-state index contributed by atoms with van der Waals surface area (Å²) < 4.78 is 5.04. The maximum Gasteiger partial charge on any atom is 0.0714 e. The van der Waals surface area contributed by atoms with Crippen LogP contribution in [0.25, 0.3) is 103 Å². The highest BCUT2D eigenvalue weighted by molar-refractivity contribution is 7.25. The molecule has 16 rings (SSSR count). The maximum absolute atomic E-state index is 2.52. The summed E-state index contributed by atoms with van der Waals surface area (Å²) in [4.78, 5) is 2.52. The molecule has 13 aromatic carbocycles. The second kappa shape index (κ2) is 19.5. The minimum Gasteiger partial charge on any atom is -0.310 e. The molecular formula is C79H52N2S. The van der Waals surface area contributed by atoms with Crippen molar-refractivity contribution in [3.8, 4) is 61.3 Å². The van der Waals surface area contributed by atoms with E-state index in [0.29, 0.717) is 0 Å². The summed E-state index contributed by atoms with van der Waals surface area (Å²) in [7, 11) is 0. The summed E-state index contributed by atoms with van der Waals surface area (Å²) in [5, 5.41) is 5.10. The molecule has 0 saturated carbocycles. The first-order valence-corrected chi connectivity index (χ1v) is 29.0. The van der Waals surface area contributed by atoms with E-state index >= 15 is 0 Å². The fourth-order valence-corrected chi connectivity index (χ4v) is 14.5. The average Bonchev–Trinajstić information content (AvgIpc) is 3.91. The van der Waals surface area contributed by atoms with Crippen molar-refractivity contribution in [3.63, 3.8) is 0 Å². The summed E-state index contributed by atoms with van der Waals surface area (Å²) in [6, 6.07) is 117. The Bertz CT molecular complexity index is 4830. The second-order valence-electron chi connectivity index (χ2n) is 21.5. The molecule has 2 nitrogen and oxygen atoms in total. The molecule has 0 amide bonds. The molecule has 0 spiro atoms. The van der Waals surface area contributed by atoms with Gasteiger partial charge in [-0.05, 0) is 145 Å². The molecule has 0 fully saturated rings. The lowest BCUT2D eigenvalue weighted by atomic mass is 9.67. The van der Waals surface area contributed by atoms with Gasteiger partial charge in [0.05, 0.1) is 22.1 Å². The van der Waals surface area contributed by atoms with E-state index in [1.165, 1.54) is 109 Å². The van der Waals surface area contributed by atoms with Crippen LogP contribution >= 0.6 is 11.3 Å². The number of thiophene rings is 1. The predicted molar refractivity (Wildman–Crippen MR) is 347 cm³/mol. The molecule has 0 N–H and O–H groups in total. The molecule has 82 heavy (non-hydrogen) atoms. The third kappa shape index (κ3) is 7.69. The first-order chi connectivity index (χ1) is 40.7. The van der Waals surface area contributed by atoms with Gasteiger partial charge in [-0.1, -0.05) is 243 Å². The average molecular weight is 1060 g/mol. The molecule has 1 unspecified atom stereocenters. The molecule has 1 aliphatic rings. The Balaban J connectivity index is 0.962. The molecule has 0 radical (unpaired) electrons.